The van der Waals surface area contributed by atoms with E-state index in [-0.39, 0.29) is 6.10 Å². The van der Waals surface area contributed by atoms with E-state index in [1.165, 1.54) is 0 Å². The lowest BCUT2D eigenvalue weighted by atomic mass is 10.1. The molecule has 0 saturated carbocycles. The molecule has 0 aromatic heterocycles. The van der Waals surface area contributed by atoms with E-state index in [9.17, 15) is 9.59 Å². The maximum atomic E-state index is 11.7. The first-order valence-corrected chi connectivity index (χ1v) is 11.0. The van der Waals surface area contributed by atoms with E-state index in [1.54, 1.807) is 0 Å². The fourth-order valence-electron chi connectivity index (χ4n) is 3.21. The van der Waals surface area contributed by atoms with Crippen LogP contribution in [-0.2, 0) is 9.59 Å². The minimum Gasteiger partial charge on any atom is -0.490 e. The van der Waals surface area contributed by atoms with Gasteiger partial charge in [0.1, 0.15) is 17.3 Å². The highest BCUT2D eigenvalue weighted by Crippen LogP contribution is 2.28. The maximum absolute atomic E-state index is 11.7. The highest BCUT2D eigenvalue weighted by molar-refractivity contribution is 5.78. The number of rotatable bonds is 15. The van der Waals surface area contributed by atoms with Crippen LogP contribution in [0.1, 0.15) is 84.6 Å². The molecular formula is C24H39NO3. The van der Waals surface area contributed by atoms with E-state index in [4.69, 9.17) is 4.74 Å². The average molecular weight is 390 g/mol. The fraction of sp³-hybridized carbons (Fsp3) is 0.667. The van der Waals surface area contributed by atoms with Crippen molar-refractivity contribution >= 4 is 17.3 Å². The number of hydrogen-bond acceptors (Lipinski definition) is 4. The van der Waals surface area contributed by atoms with Crippen molar-refractivity contribution in [3.05, 3.63) is 23.8 Å². The number of ketones is 2. The molecule has 0 aliphatic heterocycles. The highest BCUT2D eigenvalue weighted by atomic mass is 16.5. The molecule has 0 spiro atoms. The minimum atomic E-state index is 0.228. The predicted octanol–water partition coefficient (Wildman–Crippen LogP) is 5.89. The molecule has 0 bridgehead atoms. The summed E-state index contributed by atoms with van der Waals surface area (Å²) in [6.07, 6.45) is 6.31. The molecule has 0 fully saturated rings. The second-order valence-electron chi connectivity index (χ2n) is 7.48. The molecule has 0 saturated heterocycles. The summed E-state index contributed by atoms with van der Waals surface area (Å²) in [4.78, 5) is 25.6. The van der Waals surface area contributed by atoms with Gasteiger partial charge in [-0.05, 0) is 44.2 Å². The average Bonchev–Trinajstić information content (AvgIpc) is 2.71. The molecule has 1 aromatic carbocycles. The first-order valence-electron chi connectivity index (χ1n) is 11.0. The molecule has 1 rings (SSSR count). The van der Waals surface area contributed by atoms with Crippen LogP contribution in [0.25, 0.3) is 0 Å². The number of hydrogen-bond donors (Lipinski definition) is 0. The SMILES string of the molecule is CCC(=O)CCCN(CCCC(=O)CC)c1ccc(C)c(OC(CC)CC)c1. The monoisotopic (exact) mass is 389 g/mol. The molecule has 4 heteroatoms. The zero-order valence-electron chi connectivity index (χ0n) is 18.6. The van der Waals surface area contributed by atoms with Gasteiger partial charge >= 0.3 is 0 Å². The Morgan fingerprint density at radius 3 is 1.93 bits per heavy atom. The van der Waals surface area contributed by atoms with Crippen LogP contribution < -0.4 is 9.64 Å². The van der Waals surface area contributed by atoms with Gasteiger partial charge in [-0.15, -0.1) is 0 Å². The second-order valence-corrected chi connectivity index (χ2v) is 7.48. The summed E-state index contributed by atoms with van der Waals surface area (Å²) in [6.45, 7) is 11.8. The lowest BCUT2D eigenvalue weighted by Gasteiger charge is -2.26. The molecule has 0 aliphatic rings. The van der Waals surface area contributed by atoms with Crippen molar-refractivity contribution in [3.63, 3.8) is 0 Å². The van der Waals surface area contributed by atoms with Gasteiger partial charge in [0.15, 0.2) is 0 Å². The summed E-state index contributed by atoms with van der Waals surface area (Å²) < 4.78 is 6.22. The van der Waals surface area contributed by atoms with Crippen molar-refractivity contribution in [2.24, 2.45) is 0 Å². The van der Waals surface area contributed by atoms with Gasteiger partial charge in [-0.3, -0.25) is 9.59 Å². The Morgan fingerprint density at radius 2 is 1.46 bits per heavy atom. The van der Waals surface area contributed by atoms with Gasteiger partial charge in [0.2, 0.25) is 0 Å². The van der Waals surface area contributed by atoms with Gasteiger partial charge in [0, 0.05) is 50.5 Å². The number of anilines is 1. The molecule has 0 N–H and O–H groups in total. The molecule has 1 aromatic rings. The van der Waals surface area contributed by atoms with Crippen LogP contribution in [0, 0.1) is 6.92 Å². The zero-order valence-corrected chi connectivity index (χ0v) is 18.6. The van der Waals surface area contributed by atoms with Crippen molar-refractivity contribution in [2.75, 3.05) is 18.0 Å². The van der Waals surface area contributed by atoms with Crippen LogP contribution in [-0.4, -0.2) is 30.8 Å². The standard InChI is InChI=1S/C24H39NO3/c1-6-21(26)12-10-16-25(17-11-13-22(27)7-2)20-15-14-19(5)24(18-20)28-23(8-3)9-4/h14-15,18,23H,6-13,16-17H2,1-5H3. The molecule has 158 valence electrons. The molecule has 0 heterocycles. The van der Waals surface area contributed by atoms with E-state index in [0.717, 1.165) is 55.8 Å². The molecule has 28 heavy (non-hydrogen) atoms. The van der Waals surface area contributed by atoms with Crippen molar-refractivity contribution < 1.29 is 14.3 Å². The topological polar surface area (TPSA) is 46.6 Å². The fourth-order valence-corrected chi connectivity index (χ4v) is 3.21. The van der Waals surface area contributed by atoms with Crippen molar-refractivity contribution in [3.8, 4) is 5.75 Å². The Balaban J connectivity index is 2.90. The first kappa shape index (κ1) is 24.2. The Kier molecular flexibility index (Phi) is 11.5. The van der Waals surface area contributed by atoms with Crippen LogP contribution >= 0.6 is 0 Å². The van der Waals surface area contributed by atoms with Gasteiger partial charge in [0.25, 0.3) is 0 Å². The Morgan fingerprint density at radius 1 is 0.929 bits per heavy atom. The number of carbonyl (C=O) groups is 2. The zero-order chi connectivity index (χ0) is 20.9. The maximum Gasteiger partial charge on any atom is 0.132 e. The summed E-state index contributed by atoms with van der Waals surface area (Å²) in [6, 6.07) is 6.35. The third-order valence-corrected chi connectivity index (χ3v) is 5.30. The van der Waals surface area contributed by atoms with Gasteiger partial charge in [0.05, 0.1) is 6.10 Å². The minimum absolute atomic E-state index is 0.228. The molecular weight excluding hydrogens is 350 g/mol. The summed E-state index contributed by atoms with van der Waals surface area (Å²) in [7, 11) is 0. The quantitative estimate of drug-likeness (QED) is 0.375. The Bertz CT molecular complexity index is 586. The lowest BCUT2D eigenvalue weighted by Crippen LogP contribution is -2.27. The molecule has 0 aliphatic carbocycles. The normalized spacial score (nSPS) is 10.9. The summed E-state index contributed by atoms with van der Waals surface area (Å²) in [5.74, 6) is 1.55. The Hall–Kier alpha value is -1.84. The molecule has 0 amide bonds. The second kappa shape index (κ2) is 13.4. The van der Waals surface area contributed by atoms with Crippen molar-refractivity contribution in [2.45, 2.75) is 92.1 Å². The number of carbonyl (C=O) groups excluding carboxylic acids is 2. The number of nitrogens with zero attached hydrogens (tertiary/aromatic N) is 1. The molecule has 4 nitrogen and oxygen atoms in total. The largest absolute Gasteiger partial charge is 0.490 e. The third-order valence-electron chi connectivity index (χ3n) is 5.30. The van der Waals surface area contributed by atoms with Gasteiger partial charge in [-0.25, -0.2) is 0 Å². The van der Waals surface area contributed by atoms with E-state index >= 15 is 0 Å². The smallest absolute Gasteiger partial charge is 0.132 e. The van der Waals surface area contributed by atoms with Crippen LogP contribution in [0.15, 0.2) is 18.2 Å². The summed E-state index contributed by atoms with van der Waals surface area (Å²) in [5.41, 5.74) is 2.25. The van der Waals surface area contributed by atoms with Crippen molar-refractivity contribution in [1.82, 2.24) is 0 Å². The van der Waals surface area contributed by atoms with Crippen LogP contribution in [0.4, 0.5) is 5.69 Å². The van der Waals surface area contributed by atoms with Gasteiger partial charge in [-0.1, -0.05) is 33.8 Å². The van der Waals surface area contributed by atoms with E-state index < -0.39 is 0 Å². The molecule has 0 unspecified atom stereocenters. The van der Waals surface area contributed by atoms with Crippen LogP contribution in [0.5, 0.6) is 5.75 Å². The van der Waals surface area contributed by atoms with Gasteiger partial charge in [-0.2, -0.15) is 0 Å². The number of Topliss-reactive ketones (excluding diaryl/α,β-unsaturated/α-hetero) is 2. The molecule has 0 atom stereocenters. The van der Waals surface area contributed by atoms with E-state index in [1.807, 2.05) is 13.8 Å². The van der Waals surface area contributed by atoms with Crippen molar-refractivity contribution in [1.29, 1.82) is 0 Å². The Labute approximate surface area is 171 Å². The van der Waals surface area contributed by atoms with Gasteiger partial charge < -0.3 is 9.64 Å². The van der Waals surface area contributed by atoms with Crippen LogP contribution in [0.3, 0.4) is 0 Å². The number of aryl methyl sites for hydroxylation is 1. The molecule has 0 radical (unpaired) electrons. The lowest BCUT2D eigenvalue weighted by molar-refractivity contribution is -0.119. The summed E-state index contributed by atoms with van der Waals surface area (Å²) in [5, 5.41) is 0. The highest BCUT2D eigenvalue weighted by Gasteiger charge is 2.13. The van der Waals surface area contributed by atoms with Crippen LogP contribution in [0.2, 0.25) is 0 Å². The van der Waals surface area contributed by atoms with E-state index in [0.29, 0.717) is 37.2 Å². The van der Waals surface area contributed by atoms with E-state index in [2.05, 4.69) is 43.9 Å². The third kappa shape index (κ3) is 8.45. The first-order chi connectivity index (χ1) is 13.4. The summed E-state index contributed by atoms with van der Waals surface area (Å²) >= 11 is 0. The number of benzene rings is 1. The predicted molar refractivity (Wildman–Crippen MR) is 117 cm³/mol. The number of ether oxygens (including phenoxy) is 1.